The number of halogens is 1. The van der Waals surface area contributed by atoms with Gasteiger partial charge in [0.15, 0.2) is 0 Å². The van der Waals surface area contributed by atoms with E-state index in [1.165, 1.54) is 6.07 Å². The molecule has 0 saturated carbocycles. The number of pyridine rings is 1. The van der Waals surface area contributed by atoms with Crippen LogP contribution in [-0.4, -0.2) is 46.3 Å². The number of nitrogens with zero attached hydrogens (tertiary/aromatic N) is 3. The van der Waals surface area contributed by atoms with Crippen LogP contribution in [-0.2, 0) is 4.79 Å². The van der Waals surface area contributed by atoms with Crippen molar-refractivity contribution in [2.45, 2.75) is 32.5 Å². The van der Waals surface area contributed by atoms with Crippen LogP contribution < -0.4 is 15.5 Å². The van der Waals surface area contributed by atoms with E-state index in [1.54, 1.807) is 35.2 Å². The molecule has 2 atom stereocenters. The third-order valence-electron chi connectivity index (χ3n) is 4.86. The number of carbonyl (C=O) groups is 1. The van der Waals surface area contributed by atoms with Crippen molar-refractivity contribution < 1.29 is 19.2 Å². The lowest BCUT2D eigenvalue weighted by Gasteiger charge is -2.34. The topological polar surface area (TPSA) is 121 Å². The van der Waals surface area contributed by atoms with Crippen LogP contribution in [0.5, 0.6) is 0 Å². The summed E-state index contributed by atoms with van der Waals surface area (Å²) >= 11 is 0. The van der Waals surface area contributed by atoms with Gasteiger partial charge in [-0.1, -0.05) is 0 Å². The molecule has 3 rings (SSSR count). The highest BCUT2D eigenvalue weighted by molar-refractivity contribution is 5.72. The van der Waals surface area contributed by atoms with Crippen LogP contribution in [0.3, 0.4) is 0 Å². The highest BCUT2D eigenvalue weighted by Gasteiger charge is 2.34. The lowest BCUT2D eigenvalue weighted by atomic mass is 9.95. The molecule has 1 fully saturated rings. The highest BCUT2D eigenvalue weighted by Crippen LogP contribution is 2.30. The molecule has 3 N–H and O–H groups in total. The Kier molecular flexibility index (Phi) is 6.34. The van der Waals surface area contributed by atoms with Crippen molar-refractivity contribution in [1.29, 1.82) is 0 Å². The molecule has 9 nitrogen and oxygen atoms in total. The summed E-state index contributed by atoms with van der Waals surface area (Å²) in [6.45, 7) is 4.34. The van der Waals surface area contributed by atoms with Crippen LogP contribution in [0.4, 0.5) is 33.1 Å². The number of piperidine rings is 1. The van der Waals surface area contributed by atoms with E-state index in [4.69, 9.17) is 5.11 Å². The zero-order valence-electron chi connectivity index (χ0n) is 16.7. The Labute approximate surface area is 173 Å². The summed E-state index contributed by atoms with van der Waals surface area (Å²) < 4.78 is 14.1. The summed E-state index contributed by atoms with van der Waals surface area (Å²) in [5, 5.41) is 26.5. The maximum atomic E-state index is 14.1. The first kappa shape index (κ1) is 21.3. The standard InChI is InChI=1S/C20H24FN5O4/c1-12(2)22-18-8-7-17(26(29)30)19(24-18)23-13-3-5-14(6-4-13)25-10-9-15(20(27)28)16(21)11-25/h3-8,12,15-16H,9-11H2,1-2H3,(H,27,28)(H2,22,23,24). The zero-order chi connectivity index (χ0) is 21.8. The second-order valence-corrected chi connectivity index (χ2v) is 7.49. The fourth-order valence-corrected chi connectivity index (χ4v) is 3.38. The second-order valence-electron chi connectivity index (χ2n) is 7.49. The first-order chi connectivity index (χ1) is 14.2. The number of alkyl halides is 1. The predicted octanol–water partition coefficient (Wildman–Crippen LogP) is 3.80. The van der Waals surface area contributed by atoms with Gasteiger partial charge < -0.3 is 20.6 Å². The number of nitrogens with one attached hydrogen (secondary N) is 2. The average Bonchev–Trinajstić information content (AvgIpc) is 2.67. The third-order valence-corrected chi connectivity index (χ3v) is 4.86. The Balaban J connectivity index is 1.74. The molecule has 2 heterocycles. The highest BCUT2D eigenvalue weighted by atomic mass is 19.1. The fraction of sp³-hybridized carbons (Fsp3) is 0.400. The molecule has 0 spiro atoms. The molecule has 0 aliphatic carbocycles. The molecule has 0 radical (unpaired) electrons. The Bertz CT molecular complexity index is 922. The number of rotatable bonds is 7. The molecular weight excluding hydrogens is 393 g/mol. The minimum absolute atomic E-state index is 0.0136. The van der Waals surface area contributed by atoms with Gasteiger partial charge in [-0.15, -0.1) is 0 Å². The lowest BCUT2D eigenvalue weighted by Crippen LogP contribution is -2.44. The summed E-state index contributed by atoms with van der Waals surface area (Å²) in [7, 11) is 0. The van der Waals surface area contributed by atoms with Gasteiger partial charge in [0.05, 0.1) is 17.4 Å². The molecule has 1 aromatic heterocycles. The van der Waals surface area contributed by atoms with E-state index < -0.39 is 23.0 Å². The van der Waals surface area contributed by atoms with Gasteiger partial charge >= 0.3 is 11.7 Å². The number of aliphatic carboxylic acids is 1. The fourth-order valence-electron chi connectivity index (χ4n) is 3.38. The van der Waals surface area contributed by atoms with E-state index in [0.717, 1.165) is 5.69 Å². The van der Waals surface area contributed by atoms with Gasteiger partial charge in [-0.25, -0.2) is 9.37 Å². The number of benzene rings is 1. The van der Waals surface area contributed by atoms with Crippen molar-refractivity contribution in [3.05, 3.63) is 46.5 Å². The molecule has 1 aliphatic rings. The van der Waals surface area contributed by atoms with Gasteiger partial charge in [0.25, 0.3) is 0 Å². The number of carboxylic acid groups (broad SMARTS) is 1. The van der Waals surface area contributed by atoms with E-state index in [9.17, 15) is 19.3 Å². The quantitative estimate of drug-likeness (QED) is 0.459. The van der Waals surface area contributed by atoms with Crippen molar-refractivity contribution in [2.24, 2.45) is 5.92 Å². The molecule has 2 aromatic rings. The maximum absolute atomic E-state index is 14.1. The molecule has 160 valence electrons. The van der Waals surface area contributed by atoms with Crippen molar-refractivity contribution in [3.8, 4) is 0 Å². The number of anilines is 4. The van der Waals surface area contributed by atoms with Crippen LogP contribution in [0.2, 0.25) is 0 Å². The largest absolute Gasteiger partial charge is 0.481 e. The van der Waals surface area contributed by atoms with E-state index >= 15 is 0 Å². The van der Waals surface area contributed by atoms with E-state index in [-0.39, 0.29) is 30.5 Å². The van der Waals surface area contributed by atoms with Crippen molar-refractivity contribution in [1.82, 2.24) is 4.98 Å². The average molecular weight is 417 g/mol. The molecule has 1 aliphatic heterocycles. The Morgan fingerprint density at radius 1 is 1.30 bits per heavy atom. The zero-order valence-corrected chi connectivity index (χ0v) is 16.7. The second kappa shape index (κ2) is 8.93. The van der Waals surface area contributed by atoms with Gasteiger partial charge in [0.1, 0.15) is 12.0 Å². The molecule has 1 aromatic carbocycles. The van der Waals surface area contributed by atoms with Crippen LogP contribution in [0.15, 0.2) is 36.4 Å². The van der Waals surface area contributed by atoms with E-state index in [2.05, 4.69) is 15.6 Å². The maximum Gasteiger partial charge on any atom is 0.311 e. The number of carboxylic acids is 1. The predicted molar refractivity (Wildman–Crippen MR) is 112 cm³/mol. The smallest absolute Gasteiger partial charge is 0.311 e. The molecule has 0 bridgehead atoms. The first-order valence-electron chi connectivity index (χ1n) is 9.65. The summed E-state index contributed by atoms with van der Waals surface area (Å²) in [6, 6.07) is 10.0. The Morgan fingerprint density at radius 3 is 2.57 bits per heavy atom. The Hall–Kier alpha value is -3.43. The third kappa shape index (κ3) is 4.94. The number of hydrogen-bond acceptors (Lipinski definition) is 7. The van der Waals surface area contributed by atoms with Gasteiger partial charge in [0, 0.05) is 30.0 Å². The number of nitro groups is 1. The SMILES string of the molecule is CC(C)Nc1ccc([N+](=O)[O-])c(Nc2ccc(N3CCC(C(=O)O)C(F)C3)cc2)n1. The lowest BCUT2D eigenvalue weighted by molar-refractivity contribution is -0.384. The van der Waals surface area contributed by atoms with E-state index in [1.807, 2.05) is 13.8 Å². The van der Waals surface area contributed by atoms with Gasteiger partial charge in [0.2, 0.25) is 5.82 Å². The minimum Gasteiger partial charge on any atom is -0.481 e. The van der Waals surface area contributed by atoms with Gasteiger partial charge in [-0.3, -0.25) is 14.9 Å². The van der Waals surface area contributed by atoms with Gasteiger partial charge in [-0.05, 0) is 50.6 Å². The van der Waals surface area contributed by atoms with Crippen molar-refractivity contribution in [2.75, 3.05) is 28.6 Å². The summed E-state index contributed by atoms with van der Waals surface area (Å²) in [5.74, 6) is -1.44. The molecule has 0 amide bonds. The first-order valence-corrected chi connectivity index (χ1v) is 9.65. The molecular formula is C20H24FN5O4. The minimum atomic E-state index is -1.43. The monoisotopic (exact) mass is 417 g/mol. The summed E-state index contributed by atoms with van der Waals surface area (Å²) in [4.78, 5) is 28.0. The normalized spacial score (nSPS) is 18.9. The molecule has 30 heavy (non-hydrogen) atoms. The van der Waals surface area contributed by atoms with Crippen molar-refractivity contribution in [3.63, 3.8) is 0 Å². The van der Waals surface area contributed by atoms with E-state index in [0.29, 0.717) is 18.1 Å². The van der Waals surface area contributed by atoms with Crippen LogP contribution in [0.25, 0.3) is 0 Å². The summed E-state index contributed by atoms with van der Waals surface area (Å²) in [5.41, 5.74) is 1.20. The molecule has 10 heteroatoms. The van der Waals surface area contributed by atoms with Crippen LogP contribution in [0.1, 0.15) is 20.3 Å². The Morgan fingerprint density at radius 2 is 2.00 bits per heavy atom. The number of aromatic nitrogens is 1. The van der Waals surface area contributed by atoms with Gasteiger partial charge in [-0.2, -0.15) is 0 Å². The summed E-state index contributed by atoms with van der Waals surface area (Å²) in [6.07, 6.45) is -1.19. The van der Waals surface area contributed by atoms with Crippen LogP contribution in [0, 0.1) is 16.0 Å². The molecule has 2 unspecified atom stereocenters. The van der Waals surface area contributed by atoms with Crippen LogP contribution >= 0.6 is 0 Å². The number of hydrogen-bond donors (Lipinski definition) is 3. The molecule has 1 saturated heterocycles. The van der Waals surface area contributed by atoms with Crippen molar-refractivity contribution >= 4 is 34.7 Å².